The van der Waals surface area contributed by atoms with Crippen LogP contribution in [0.3, 0.4) is 0 Å². The summed E-state index contributed by atoms with van der Waals surface area (Å²) >= 11 is 0. The van der Waals surface area contributed by atoms with Gasteiger partial charge in [-0.15, -0.1) is 0 Å². The monoisotopic (exact) mass is 197 g/mol. The summed E-state index contributed by atoms with van der Waals surface area (Å²) in [6, 6.07) is 0. The first kappa shape index (κ1) is 14.8. The molecule has 3 N–H and O–H groups in total. The highest BCUT2D eigenvalue weighted by molar-refractivity contribution is 5.32. The average Bonchev–Trinajstić information content (AvgIpc) is 2.12. The zero-order chi connectivity index (χ0) is 10.5. The van der Waals surface area contributed by atoms with E-state index < -0.39 is 0 Å². The Kier molecular flexibility index (Phi) is 15.7. The van der Waals surface area contributed by atoms with Gasteiger partial charge in [-0.2, -0.15) is 0 Å². The second-order valence-corrected chi connectivity index (χ2v) is 1.66. The summed E-state index contributed by atoms with van der Waals surface area (Å²) < 4.78 is 0. The lowest BCUT2D eigenvalue weighted by atomic mass is 10.8. The van der Waals surface area contributed by atoms with Crippen LogP contribution in [0.25, 0.3) is 0 Å². The first-order chi connectivity index (χ1) is 6.22. The van der Waals surface area contributed by atoms with Crippen LogP contribution in [0.2, 0.25) is 0 Å². The van der Waals surface area contributed by atoms with Crippen LogP contribution in [0.5, 0.6) is 0 Å². The number of nitrogens with zero attached hydrogens (tertiary/aromatic N) is 1. The molecule has 0 aliphatic heterocycles. The molecule has 0 saturated heterocycles. The van der Waals surface area contributed by atoms with Gasteiger partial charge in [-0.05, 0) is 0 Å². The number of carbonyl (C=O) groups is 1. The van der Waals surface area contributed by atoms with Crippen LogP contribution in [0.15, 0.2) is 0 Å². The summed E-state index contributed by atoms with van der Waals surface area (Å²) in [5, 5.41) is 24.6. The Morgan fingerprint density at radius 2 is 1.54 bits per heavy atom. The molecule has 0 amide bonds. The van der Waals surface area contributed by atoms with Crippen molar-refractivity contribution in [2.24, 2.45) is 0 Å². The molecule has 0 aliphatic carbocycles. The maximum absolute atomic E-state index is 8.36. The SMILES string of the molecule is CN(OCCO)OCCO.O=CO. The predicted molar refractivity (Wildman–Crippen MR) is 42.5 cm³/mol. The van der Waals surface area contributed by atoms with Gasteiger partial charge in [0.1, 0.15) is 0 Å². The minimum absolute atomic E-state index is 0.0488. The number of hydrogen-bond acceptors (Lipinski definition) is 6. The van der Waals surface area contributed by atoms with Crippen molar-refractivity contribution in [1.82, 2.24) is 5.23 Å². The van der Waals surface area contributed by atoms with Gasteiger partial charge in [-0.25, -0.2) is 0 Å². The lowest BCUT2D eigenvalue weighted by Gasteiger charge is -2.13. The largest absolute Gasteiger partial charge is 0.483 e. The molecule has 0 radical (unpaired) electrons. The quantitative estimate of drug-likeness (QED) is 0.350. The molecule has 13 heavy (non-hydrogen) atoms. The van der Waals surface area contributed by atoms with Crippen molar-refractivity contribution in [3.8, 4) is 0 Å². The molecule has 80 valence electrons. The van der Waals surface area contributed by atoms with Crippen molar-refractivity contribution >= 4 is 6.47 Å². The number of carboxylic acid groups (broad SMARTS) is 1. The van der Waals surface area contributed by atoms with Crippen molar-refractivity contribution in [3.05, 3.63) is 0 Å². The Hall–Kier alpha value is -0.730. The summed E-state index contributed by atoms with van der Waals surface area (Å²) in [5.74, 6) is 0. The van der Waals surface area contributed by atoms with Crippen LogP contribution in [0, 0.1) is 0 Å². The minimum Gasteiger partial charge on any atom is -0.483 e. The van der Waals surface area contributed by atoms with Crippen molar-refractivity contribution in [3.63, 3.8) is 0 Å². The Balaban J connectivity index is 0. The lowest BCUT2D eigenvalue weighted by molar-refractivity contribution is -0.356. The topological polar surface area (TPSA) is 99.5 Å². The number of aliphatic hydroxyl groups excluding tert-OH is 2. The van der Waals surface area contributed by atoms with E-state index in [0.29, 0.717) is 0 Å². The average molecular weight is 197 g/mol. The van der Waals surface area contributed by atoms with Crippen LogP contribution in [-0.2, 0) is 14.5 Å². The molecule has 0 heterocycles. The highest BCUT2D eigenvalue weighted by Crippen LogP contribution is 1.85. The van der Waals surface area contributed by atoms with E-state index in [2.05, 4.69) is 0 Å². The smallest absolute Gasteiger partial charge is 0.290 e. The number of aliphatic hydroxyl groups is 2. The van der Waals surface area contributed by atoms with Crippen LogP contribution < -0.4 is 0 Å². The minimum atomic E-state index is -0.250. The van der Waals surface area contributed by atoms with Crippen molar-refractivity contribution in [2.75, 3.05) is 33.5 Å². The molecule has 7 nitrogen and oxygen atoms in total. The number of hydroxylamine groups is 2. The van der Waals surface area contributed by atoms with Gasteiger partial charge in [0, 0.05) is 7.05 Å². The number of hydrogen-bond donors (Lipinski definition) is 3. The van der Waals surface area contributed by atoms with Crippen LogP contribution in [-0.4, -0.2) is 60.5 Å². The number of rotatable bonds is 6. The Labute approximate surface area is 76.0 Å². The molecule has 0 aliphatic rings. The van der Waals surface area contributed by atoms with Gasteiger partial charge in [0.05, 0.1) is 26.4 Å². The Morgan fingerprint density at radius 3 is 1.77 bits per heavy atom. The molecule has 0 rings (SSSR count). The molecule has 0 fully saturated rings. The van der Waals surface area contributed by atoms with Gasteiger partial charge in [0.25, 0.3) is 6.47 Å². The Morgan fingerprint density at radius 1 is 1.23 bits per heavy atom. The molecule has 7 heteroatoms. The van der Waals surface area contributed by atoms with E-state index in [1.54, 1.807) is 7.05 Å². The van der Waals surface area contributed by atoms with E-state index in [1.165, 1.54) is 0 Å². The van der Waals surface area contributed by atoms with Crippen LogP contribution in [0.4, 0.5) is 0 Å². The maximum Gasteiger partial charge on any atom is 0.290 e. The molecule has 0 bridgehead atoms. The fourth-order valence-electron chi connectivity index (χ4n) is 0.376. The van der Waals surface area contributed by atoms with Gasteiger partial charge in [-0.1, -0.05) is 5.23 Å². The second-order valence-electron chi connectivity index (χ2n) is 1.66. The molecule has 0 spiro atoms. The molecular weight excluding hydrogens is 182 g/mol. The highest BCUT2D eigenvalue weighted by atomic mass is 16.9. The van der Waals surface area contributed by atoms with Crippen LogP contribution in [0.1, 0.15) is 0 Å². The second kappa shape index (κ2) is 13.8. The molecule has 0 atom stereocenters. The third-order valence-electron chi connectivity index (χ3n) is 0.729. The van der Waals surface area contributed by atoms with E-state index in [0.717, 1.165) is 5.23 Å². The van der Waals surface area contributed by atoms with Gasteiger partial charge in [-0.3, -0.25) is 14.5 Å². The molecule has 0 aromatic carbocycles. The van der Waals surface area contributed by atoms with Crippen molar-refractivity contribution in [1.29, 1.82) is 0 Å². The van der Waals surface area contributed by atoms with E-state index in [-0.39, 0.29) is 32.9 Å². The predicted octanol–water partition coefficient (Wildman–Crippen LogP) is -1.53. The third kappa shape index (κ3) is 18.3. The molecule has 0 aromatic heterocycles. The maximum atomic E-state index is 8.36. The Bertz CT molecular complexity index is 93.1. The van der Waals surface area contributed by atoms with Gasteiger partial charge < -0.3 is 15.3 Å². The van der Waals surface area contributed by atoms with E-state index in [4.69, 9.17) is 29.8 Å². The van der Waals surface area contributed by atoms with Crippen molar-refractivity contribution in [2.45, 2.75) is 0 Å². The zero-order valence-corrected chi connectivity index (χ0v) is 7.42. The van der Waals surface area contributed by atoms with Gasteiger partial charge in [0.15, 0.2) is 0 Å². The normalized spacial score (nSPS) is 9.23. The summed E-state index contributed by atoms with van der Waals surface area (Å²) in [7, 11) is 1.55. The van der Waals surface area contributed by atoms with E-state index >= 15 is 0 Å². The fraction of sp³-hybridized carbons (Fsp3) is 0.833. The van der Waals surface area contributed by atoms with Gasteiger partial charge in [0.2, 0.25) is 0 Å². The summed E-state index contributed by atoms with van der Waals surface area (Å²) in [4.78, 5) is 17.8. The molecule has 0 saturated carbocycles. The summed E-state index contributed by atoms with van der Waals surface area (Å²) in [6.45, 7) is 0.0451. The molecule has 0 aromatic rings. The fourth-order valence-corrected chi connectivity index (χ4v) is 0.376. The molecule has 0 unspecified atom stereocenters. The third-order valence-corrected chi connectivity index (χ3v) is 0.729. The standard InChI is InChI=1S/C5H13NO4.CH2O2/c1-6(9-4-2-7)10-5-3-8;2-1-3/h7-8H,2-5H2,1H3;1H,(H,2,3). The van der Waals surface area contributed by atoms with Gasteiger partial charge >= 0.3 is 0 Å². The van der Waals surface area contributed by atoms with E-state index in [1.807, 2.05) is 0 Å². The zero-order valence-electron chi connectivity index (χ0n) is 7.42. The van der Waals surface area contributed by atoms with Crippen molar-refractivity contribution < 1.29 is 29.8 Å². The first-order valence-electron chi connectivity index (χ1n) is 3.52. The lowest BCUT2D eigenvalue weighted by Crippen LogP contribution is -2.22. The van der Waals surface area contributed by atoms with E-state index in [9.17, 15) is 0 Å². The highest BCUT2D eigenvalue weighted by Gasteiger charge is 1.95. The first-order valence-corrected chi connectivity index (χ1v) is 3.52. The van der Waals surface area contributed by atoms with Crippen LogP contribution >= 0.6 is 0 Å². The molecular formula is C6H15NO6. The summed E-state index contributed by atoms with van der Waals surface area (Å²) in [5.41, 5.74) is 0. The summed E-state index contributed by atoms with van der Waals surface area (Å²) in [6.07, 6.45) is 0.